The second-order valence-corrected chi connectivity index (χ2v) is 4.76. The average molecular weight is 199 g/mol. The Morgan fingerprint density at radius 2 is 2.54 bits per heavy atom. The van der Waals surface area contributed by atoms with Gasteiger partial charge in [0.1, 0.15) is 0 Å². The zero-order chi connectivity index (χ0) is 9.10. The Morgan fingerprint density at radius 3 is 3.23 bits per heavy atom. The maximum Gasteiger partial charge on any atom is 0.159 e. The lowest BCUT2D eigenvalue weighted by molar-refractivity contribution is 0.267. The normalized spacial score (nSPS) is 29.2. The zero-order valence-corrected chi connectivity index (χ0v) is 8.72. The Hall–Kier alpha value is -0.220. The monoisotopic (exact) mass is 199 g/mol. The predicted molar refractivity (Wildman–Crippen MR) is 58.1 cm³/mol. The molecule has 0 amide bonds. The van der Waals surface area contributed by atoms with E-state index in [9.17, 15) is 0 Å². The van der Waals surface area contributed by atoms with E-state index < -0.39 is 0 Å². The molecule has 1 fully saturated rings. The lowest BCUT2D eigenvalue weighted by Gasteiger charge is -2.33. The third-order valence-corrected chi connectivity index (χ3v) is 3.72. The van der Waals surface area contributed by atoms with Crippen LogP contribution < -0.4 is 5.73 Å². The molecule has 2 N–H and O–H groups in total. The summed E-state index contributed by atoms with van der Waals surface area (Å²) in [5.74, 6) is 1.86. The van der Waals surface area contributed by atoms with Gasteiger partial charge in [-0.15, -0.1) is 0 Å². The van der Waals surface area contributed by atoms with E-state index in [1.807, 2.05) is 11.8 Å². The molecule has 2 aliphatic heterocycles. The molecule has 0 aliphatic carbocycles. The van der Waals surface area contributed by atoms with E-state index in [0.29, 0.717) is 5.92 Å². The fraction of sp³-hybridized carbons (Fsp3) is 0.889. The van der Waals surface area contributed by atoms with Crippen LogP contribution >= 0.6 is 11.8 Å². The third kappa shape index (κ3) is 2.17. The van der Waals surface area contributed by atoms with Crippen molar-refractivity contribution in [2.45, 2.75) is 12.8 Å². The number of nitrogens with zero attached hydrogens (tertiary/aromatic N) is 2. The number of thioether (sulfide) groups is 1. The van der Waals surface area contributed by atoms with Crippen LogP contribution in [-0.4, -0.2) is 42.0 Å². The van der Waals surface area contributed by atoms with Crippen LogP contribution in [0.25, 0.3) is 0 Å². The van der Waals surface area contributed by atoms with Crippen LogP contribution in [0.3, 0.4) is 0 Å². The van der Waals surface area contributed by atoms with Crippen molar-refractivity contribution in [3.05, 3.63) is 0 Å². The quantitative estimate of drug-likeness (QED) is 0.678. The van der Waals surface area contributed by atoms with Crippen LogP contribution in [0, 0.1) is 5.92 Å². The van der Waals surface area contributed by atoms with Crippen LogP contribution in [0.15, 0.2) is 4.99 Å². The summed E-state index contributed by atoms with van der Waals surface area (Å²) in [4.78, 5) is 6.91. The first-order valence-electron chi connectivity index (χ1n) is 5.02. The number of rotatable bonds is 1. The minimum absolute atomic E-state index is 0.692. The summed E-state index contributed by atoms with van der Waals surface area (Å²) in [7, 11) is 0. The number of hydrogen-bond donors (Lipinski definition) is 1. The summed E-state index contributed by atoms with van der Waals surface area (Å²) in [6.07, 6.45) is 2.58. The number of aliphatic imine (C=N–C) groups is 1. The van der Waals surface area contributed by atoms with Gasteiger partial charge in [-0.1, -0.05) is 11.8 Å². The van der Waals surface area contributed by atoms with Gasteiger partial charge in [0.25, 0.3) is 0 Å². The fourth-order valence-corrected chi connectivity index (χ4v) is 2.84. The second-order valence-electron chi connectivity index (χ2n) is 3.70. The SMILES string of the molecule is NC[C@@H]1CCCN(C2=NCCS2)C1. The first kappa shape index (κ1) is 9.34. The molecular weight excluding hydrogens is 182 g/mol. The van der Waals surface area contributed by atoms with Crippen molar-refractivity contribution in [3.8, 4) is 0 Å². The number of nitrogens with two attached hydrogens (primary N) is 1. The molecule has 0 radical (unpaired) electrons. The Bertz CT molecular complexity index is 205. The molecule has 4 heteroatoms. The molecule has 0 saturated carbocycles. The van der Waals surface area contributed by atoms with Gasteiger partial charge in [0, 0.05) is 18.8 Å². The molecule has 2 heterocycles. The van der Waals surface area contributed by atoms with Crippen molar-refractivity contribution in [1.82, 2.24) is 4.90 Å². The molecule has 0 aromatic heterocycles. The molecular formula is C9H17N3S. The Balaban J connectivity index is 1.91. The molecule has 13 heavy (non-hydrogen) atoms. The van der Waals surface area contributed by atoms with Gasteiger partial charge in [0.05, 0.1) is 6.54 Å². The van der Waals surface area contributed by atoms with E-state index in [4.69, 9.17) is 5.73 Å². The van der Waals surface area contributed by atoms with E-state index >= 15 is 0 Å². The molecule has 1 saturated heterocycles. The maximum atomic E-state index is 5.69. The number of hydrogen-bond acceptors (Lipinski definition) is 4. The summed E-state index contributed by atoms with van der Waals surface area (Å²) >= 11 is 1.90. The topological polar surface area (TPSA) is 41.6 Å². The summed E-state index contributed by atoms with van der Waals surface area (Å²) in [6.45, 7) is 4.14. The van der Waals surface area contributed by atoms with Gasteiger partial charge in [0.2, 0.25) is 0 Å². The molecule has 0 aromatic carbocycles. The predicted octanol–water partition coefficient (Wildman–Crippen LogP) is 0.760. The van der Waals surface area contributed by atoms with Crippen molar-refractivity contribution in [1.29, 1.82) is 0 Å². The Morgan fingerprint density at radius 1 is 1.62 bits per heavy atom. The Labute approximate surface area is 83.8 Å². The van der Waals surface area contributed by atoms with Crippen molar-refractivity contribution >= 4 is 16.9 Å². The third-order valence-electron chi connectivity index (χ3n) is 2.69. The molecule has 3 nitrogen and oxygen atoms in total. The lowest BCUT2D eigenvalue weighted by Crippen LogP contribution is -2.40. The van der Waals surface area contributed by atoms with Crippen LogP contribution in [0.4, 0.5) is 0 Å². The Kier molecular flexibility index (Phi) is 3.11. The van der Waals surface area contributed by atoms with E-state index in [2.05, 4.69) is 9.89 Å². The highest BCUT2D eigenvalue weighted by Gasteiger charge is 2.22. The van der Waals surface area contributed by atoms with E-state index in [1.165, 1.54) is 30.3 Å². The minimum Gasteiger partial charge on any atom is -0.351 e. The first-order valence-corrected chi connectivity index (χ1v) is 6.01. The summed E-state index contributed by atoms with van der Waals surface area (Å²) in [5.41, 5.74) is 5.69. The van der Waals surface area contributed by atoms with E-state index in [0.717, 1.165) is 19.6 Å². The largest absolute Gasteiger partial charge is 0.351 e. The summed E-state index contributed by atoms with van der Waals surface area (Å²) in [5, 5.41) is 1.26. The van der Waals surface area contributed by atoms with Crippen LogP contribution in [0.2, 0.25) is 0 Å². The average Bonchev–Trinajstić information content (AvgIpc) is 2.71. The van der Waals surface area contributed by atoms with Crippen LogP contribution in [0.5, 0.6) is 0 Å². The second kappa shape index (κ2) is 4.33. The molecule has 0 bridgehead atoms. The highest BCUT2D eigenvalue weighted by atomic mass is 32.2. The van der Waals surface area contributed by atoms with Crippen molar-refractivity contribution in [2.75, 3.05) is 31.9 Å². The fourth-order valence-electron chi connectivity index (χ4n) is 1.95. The smallest absolute Gasteiger partial charge is 0.159 e. The van der Waals surface area contributed by atoms with Gasteiger partial charge in [-0.05, 0) is 25.3 Å². The molecule has 0 unspecified atom stereocenters. The highest BCUT2D eigenvalue weighted by molar-refractivity contribution is 8.14. The van der Waals surface area contributed by atoms with Gasteiger partial charge in [-0.3, -0.25) is 4.99 Å². The van der Waals surface area contributed by atoms with Gasteiger partial charge in [-0.2, -0.15) is 0 Å². The number of likely N-dealkylation sites (tertiary alicyclic amines) is 1. The highest BCUT2D eigenvalue weighted by Crippen LogP contribution is 2.22. The molecule has 74 valence electrons. The molecule has 2 aliphatic rings. The molecule has 1 atom stereocenters. The van der Waals surface area contributed by atoms with Crippen molar-refractivity contribution in [2.24, 2.45) is 16.6 Å². The van der Waals surface area contributed by atoms with Gasteiger partial charge in [0.15, 0.2) is 5.17 Å². The van der Waals surface area contributed by atoms with Crippen molar-refractivity contribution in [3.63, 3.8) is 0 Å². The van der Waals surface area contributed by atoms with Gasteiger partial charge in [-0.25, -0.2) is 0 Å². The lowest BCUT2D eigenvalue weighted by atomic mass is 9.99. The standard InChI is InChI=1S/C9H17N3S/c10-6-8-2-1-4-12(7-8)9-11-3-5-13-9/h8H,1-7,10H2/t8-/m0/s1. The first-order chi connectivity index (χ1) is 6.40. The molecule has 2 rings (SSSR count). The minimum atomic E-state index is 0.692. The van der Waals surface area contributed by atoms with Crippen molar-refractivity contribution < 1.29 is 0 Å². The number of amidine groups is 1. The number of piperidine rings is 1. The molecule has 0 spiro atoms. The molecule has 0 aromatic rings. The summed E-state index contributed by atoms with van der Waals surface area (Å²) in [6, 6.07) is 0. The summed E-state index contributed by atoms with van der Waals surface area (Å²) < 4.78 is 0. The van der Waals surface area contributed by atoms with Crippen LogP contribution in [0.1, 0.15) is 12.8 Å². The van der Waals surface area contributed by atoms with E-state index in [1.54, 1.807) is 0 Å². The maximum absolute atomic E-state index is 5.69. The van der Waals surface area contributed by atoms with Gasteiger partial charge < -0.3 is 10.6 Å². The van der Waals surface area contributed by atoms with Crippen LogP contribution in [-0.2, 0) is 0 Å². The zero-order valence-electron chi connectivity index (χ0n) is 7.91. The van der Waals surface area contributed by atoms with Gasteiger partial charge >= 0.3 is 0 Å². The van der Waals surface area contributed by atoms with E-state index in [-0.39, 0.29) is 0 Å².